The number of nitrogens with one attached hydrogen (secondary N) is 1. The summed E-state index contributed by atoms with van der Waals surface area (Å²) in [5.74, 6) is -0.565. The lowest BCUT2D eigenvalue weighted by molar-refractivity contribution is 0.575. The third kappa shape index (κ3) is 4.59. The van der Waals surface area contributed by atoms with Crippen molar-refractivity contribution in [1.29, 1.82) is 0 Å². The summed E-state index contributed by atoms with van der Waals surface area (Å²) in [7, 11) is -3.63. The lowest BCUT2D eigenvalue weighted by Crippen LogP contribution is -2.26. The number of hydrogen-bond donors (Lipinski definition) is 2. The molecule has 0 unspecified atom stereocenters. The highest BCUT2D eigenvalue weighted by Crippen LogP contribution is 2.15. The van der Waals surface area contributed by atoms with Crippen molar-refractivity contribution in [1.82, 2.24) is 4.72 Å². The summed E-state index contributed by atoms with van der Waals surface area (Å²) in [5.41, 5.74) is 5.77. The molecule has 3 N–H and O–H groups in total. The first-order valence-electron chi connectivity index (χ1n) is 4.93. The predicted octanol–water partition coefficient (Wildman–Crippen LogP) is 1.18. The first-order valence-corrected chi connectivity index (χ1v) is 6.41. The molecule has 1 rings (SSSR count). The molecule has 4 nitrogen and oxygen atoms in total. The molecule has 1 aromatic carbocycles. The van der Waals surface area contributed by atoms with Crippen molar-refractivity contribution < 1.29 is 12.8 Å². The van der Waals surface area contributed by atoms with Gasteiger partial charge in [0.2, 0.25) is 10.0 Å². The number of sulfonamides is 1. The van der Waals surface area contributed by atoms with Gasteiger partial charge in [-0.3, -0.25) is 0 Å². The van der Waals surface area contributed by atoms with E-state index in [2.05, 4.69) is 4.72 Å². The summed E-state index contributed by atoms with van der Waals surface area (Å²) in [6, 6.07) is 3.68. The van der Waals surface area contributed by atoms with E-state index in [4.69, 9.17) is 5.73 Å². The molecule has 0 amide bonds. The standard InChI is InChI=1S/C10H15FN2O2S.ClH/c1-8-3-4-9(11)7-10(8)16(14,15)13-6-2-5-12;/h3-4,7,13H,2,5-6,12H2,1H3;1H. The normalized spacial score (nSPS) is 11.0. The Hall–Kier alpha value is -0.690. The zero-order valence-corrected chi connectivity index (χ0v) is 11.1. The molecule has 0 radical (unpaired) electrons. The fourth-order valence-electron chi connectivity index (χ4n) is 1.25. The van der Waals surface area contributed by atoms with Crippen LogP contribution in [-0.4, -0.2) is 21.5 Å². The lowest BCUT2D eigenvalue weighted by atomic mass is 10.2. The second-order valence-electron chi connectivity index (χ2n) is 3.45. The van der Waals surface area contributed by atoms with Crippen LogP contribution in [0.1, 0.15) is 12.0 Å². The fourth-order valence-corrected chi connectivity index (χ4v) is 2.58. The highest BCUT2D eigenvalue weighted by molar-refractivity contribution is 7.89. The summed E-state index contributed by atoms with van der Waals surface area (Å²) in [6.45, 7) is 2.29. The van der Waals surface area contributed by atoms with Gasteiger partial charge in [0.05, 0.1) is 4.90 Å². The first kappa shape index (κ1) is 16.3. The van der Waals surface area contributed by atoms with Gasteiger partial charge in [-0.25, -0.2) is 17.5 Å². The molecule has 1 aromatic rings. The Kier molecular flexibility index (Phi) is 6.62. The van der Waals surface area contributed by atoms with E-state index in [1.54, 1.807) is 6.92 Å². The molecule has 17 heavy (non-hydrogen) atoms. The van der Waals surface area contributed by atoms with E-state index in [1.165, 1.54) is 12.1 Å². The molecule has 0 bridgehead atoms. The molecule has 0 aromatic heterocycles. The second-order valence-corrected chi connectivity index (χ2v) is 5.19. The molecule has 7 heteroatoms. The molecule has 98 valence electrons. The van der Waals surface area contributed by atoms with E-state index < -0.39 is 15.8 Å². The van der Waals surface area contributed by atoms with Crippen LogP contribution >= 0.6 is 12.4 Å². The van der Waals surface area contributed by atoms with Crippen molar-refractivity contribution in [2.24, 2.45) is 5.73 Å². The van der Waals surface area contributed by atoms with Crippen molar-refractivity contribution in [3.05, 3.63) is 29.6 Å². The monoisotopic (exact) mass is 282 g/mol. The first-order chi connectivity index (χ1) is 7.47. The summed E-state index contributed by atoms with van der Waals surface area (Å²) >= 11 is 0. The van der Waals surface area contributed by atoms with Crippen molar-refractivity contribution in [3.8, 4) is 0 Å². The molecule has 0 spiro atoms. The number of halogens is 2. The molecule has 0 atom stereocenters. The van der Waals surface area contributed by atoms with Crippen LogP contribution in [0.5, 0.6) is 0 Å². The van der Waals surface area contributed by atoms with E-state index in [0.29, 0.717) is 18.5 Å². The molecule has 0 aliphatic heterocycles. The van der Waals surface area contributed by atoms with Gasteiger partial charge in [0.15, 0.2) is 0 Å². The minimum Gasteiger partial charge on any atom is -0.330 e. The van der Waals surface area contributed by atoms with Gasteiger partial charge < -0.3 is 5.73 Å². The van der Waals surface area contributed by atoms with Crippen molar-refractivity contribution in [2.45, 2.75) is 18.2 Å². The summed E-state index contributed by atoms with van der Waals surface area (Å²) < 4.78 is 38.8. The molecule has 0 aliphatic carbocycles. The molecule has 0 aliphatic rings. The van der Waals surface area contributed by atoms with Crippen LogP contribution < -0.4 is 10.5 Å². The van der Waals surface area contributed by atoms with Crippen LogP contribution in [0.3, 0.4) is 0 Å². The fraction of sp³-hybridized carbons (Fsp3) is 0.400. The van der Waals surface area contributed by atoms with Crippen LogP contribution in [0, 0.1) is 12.7 Å². The van der Waals surface area contributed by atoms with Gasteiger partial charge in [0.25, 0.3) is 0 Å². The predicted molar refractivity (Wildman–Crippen MR) is 67.2 cm³/mol. The zero-order chi connectivity index (χ0) is 12.2. The van der Waals surface area contributed by atoms with Crippen LogP contribution in [0.4, 0.5) is 4.39 Å². The topological polar surface area (TPSA) is 72.2 Å². The Balaban J connectivity index is 0.00000256. The van der Waals surface area contributed by atoms with Crippen LogP contribution in [0.2, 0.25) is 0 Å². The number of aryl methyl sites for hydroxylation is 1. The summed E-state index contributed by atoms with van der Waals surface area (Å²) in [4.78, 5) is -0.0236. The quantitative estimate of drug-likeness (QED) is 0.797. The maximum absolute atomic E-state index is 13.0. The van der Waals surface area contributed by atoms with Crippen LogP contribution in [-0.2, 0) is 10.0 Å². The van der Waals surface area contributed by atoms with Crippen molar-refractivity contribution >= 4 is 22.4 Å². The number of rotatable bonds is 5. The van der Waals surface area contributed by atoms with E-state index >= 15 is 0 Å². The smallest absolute Gasteiger partial charge is 0.240 e. The minimum absolute atomic E-state index is 0. The SMILES string of the molecule is Cc1ccc(F)cc1S(=O)(=O)NCCCN.Cl. The Morgan fingerprint density at radius 2 is 2.06 bits per heavy atom. The third-order valence-corrected chi connectivity index (χ3v) is 3.72. The second kappa shape index (κ2) is 6.90. The number of nitrogens with two attached hydrogens (primary N) is 1. The maximum Gasteiger partial charge on any atom is 0.240 e. The zero-order valence-electron chi connectivity index (χ0n) is 9.44. The highest BCUT2D eigenvalue weighted by Gasteiger charge is 2.16. The lowest BCUT2D eigenvalue weighted by Gasteiger charge is -2.08. The minimum atomic E-state index is -3.63. The van der Waals surface area contributed by atoms with Crippen LogP contribution in [0.15, 0.2) is 23.1 Å². The van der Waals surface area contributed by atoms with E-state index in [0.717, 1.165) is 6.07 Å². The Morgan fingerprint density at radius 1 is 1.41 bits per heavy atom. The Labute approximate surface area is 107 Å². The molecule has 0 fully saturated rings. The van der Waals surface area contributed by atoms with E-state index in [9.17, 15) is 12.8 Å². The molecular formula is C10H16ClFN2O2S. The van der Waals surface area contributed by atoms with Gasteiger partial charge >= 0.3 is 0 Å². The maximum atomic E-state index is 13.0. The largest absolute Gasteiger partial charge is 0.330 e. The van der Waals surface area contributed by atoms with Gasteiger partial charge in [-0.1, -0.05) is 6.07 Å². The summed E-state index contributed by atoms with van der Waals surface area (Å²) in [6.07, 6.45) is 0.549. The molecule has 0 heterocycles. The van der Waals surface area contributed by atoms with Gasteiger partial charge in [-0.2, -0.15) is 0 Å². The van der Waals surface area contributed by atoms with E-state index in [-0.39, 0.29) is 23.8 Å². The van der Waals surface area contributed by atoms with Gasteiger partial charge in [0, 0.05) is 6.54 Å². The van der Waals surface area contributed by atoms with Gasteiger partial charge in [0.1, 0.15) is 5.82 Å². The highest BCUT2D eigenvalue weighted by atomic mass is 35.5. The van der Waals surface area contributed by atoms with E-state index in [1.807, 2.05) is 0 Å². The summed E-state index contributed by atoms with van der Waals surface area (Å²) in [5, 5.41) is 0. The average molecular weight is 283 g/mol. The molecule has 0 saturated carbocycles. The average Bonchev–Trinajstić information content (AvgIpc) is 2.22. The third-order valence-electron chi connectivity index (χ3n) is 2.11. The van der Waals surface area contributed by atoms with Gasteiger partial charge in [-0.15, -0.1) is 12.4 Å². The Bertz CT molecular complexity index is 465. The van der Waals surface area contributed by atoms with Crippen molar-refractivity contribution in [3.63, 3.8) is 0 Å². The molecular weight excluding hydrogens is 267 g/mol. The number of hydrogen-bond acceptors (Lipinski definition) is 3. The molecule has 0 saturated heterocycles. The Morgan fingerprint density at radius 3 is 2.65 bits per heavy atom. The van der Waals surface area contributed by atoms with Gasteiger partial charge in [-0.05, 0) is 37.6 Å². The van der Waals surface area contributed by atoms with Crippen LogP contribution in [0.25, 0.3) is 0 Å². The van der Waals surface area contributed by atoms with Crippen molar-refractivity contribution in [2.75, 3.05) is 13.1 Å². The number of benzene rings is 1.